The number of hydrogen-bond acceptors (Lipinski definition) is 6. The zero-order valence-electron chi connectivity index (χ0n) is 13.9. The van der Waals surface area contributed by atoms with E-state index in [1.807, 2.05) is 41.6 Å². The van der Waals surface area contributed by atoms with Gasteiger partial charge in [0.1, 0.15) is 6.23 Å². The zero-order chi connectivity index (χ0) is 17.2. The third-order valence-electron chi connectivity index (χ3n) is 4.94. The number of carbonyl (C=O) groups excluding carboxylic acids is 1. The number of aromatic nitrogens is 1. The molecule has 2 aliphatic heterocycles. The molecule has 25 heavy (non-hydrogen) atoms. The second kappa shape index (κ2) is 7.21. The van der Waals surface area contributed by atoms with Crippen molar-refractivity contribution in [3.05, 3.63) is 47.1 Å². The number of rotatable bonds is 5. The van der Waals surface area contributed by atoms with Crippen LogP contribution < -0.4 is 10.6 Å². The molecule has 2 saturated heterocycles. The molecule has 0 aromatic carbocycles. The highest BCUT2D eigenvalue weighted by Gasteiger charge is 2.33. The average Bonchev–Trinajstić information content (AvgIpc) is 3.26. The lowest BCUT2D eigenvalue weighted by Gasteiger charge is -2.42. The molecule has 6 nitrogen and oxygen atoms in total. The number of nitrogens with one attached hydrogen (secondary N) is 2. The van der Waals surface area contributed by atoms with Crippen LogP contribution in [0, 0.1) is 0 Å². The molecular weight excluding hydrogens is 336 g/mol. The summed E-state index contributed by atoms with van der Waals surface area (Å²) in [7, 11) is 0. The summed E-state index contributed by atoms with van der Waals surface area (Å²) in [5.41, 5.74) is 1.27. The van der Waals surface area contributed by atoms with Crippen molar-refractivity contribution in [2.75, 3.05) is 25.0 Å². The van der Waals surface area contributed by atoms with Crippen molar-refractivity contribution in [1.29, 1.82) is 0 Å². The van der Waals surface area contributed by atoms with E-state index in [0.717, 1.165) is 42.4 Å². The smallest absolute Gasteiger partial charge is 0.242 e. The van der Waals surface area contributed by atoms with Crippen molar-refractivity contribution in [2.45, 2.75) is 31.0 Å². The Balaban J connectivity index is 1.32. The van der Waals surface area contributed by atoms with E-state index in [1.54, 1.807) is 0 Å². The summed E-state index contributed by atoms with van der Waals surface area (Å²) in [4.78, 5) is 19.1. The number of nitrogens with zero attached hydrogens (tertiary/aromatic N) is 2. The van der Waals surface area contributed by atoms with E-state index in [0.29, 0.717) is 5.92 Å². The Labute approximate surface area is 150 Å². The minimum absolute atomic E-state index is 0.0158. The maximum Gasteiger partial charge on any atom is 0.242 e. The van der Waals surface area contributed by atoms with Gasteiger partial charge in [0.2, 0.25) is 5.91 Å². The monoisotopic (exact) mass is 358 g/mol. The topological polar surface area (TPSA) is 77.5 Å². The molecule has 4 rings (SSSR count). The molecule has 2 aliphatic rings. The van der Waals surface area contributed by atoms with Gasteiger partial charge in [-0.05, 0) is 49.2 Å². The van der Waals surface area contributed by atoms with Crippen LogP contribution >= 0.6 is 11.3 Å². The molecule has 0 saturated carbocycles. The lowest BCUT2D eigenvalue weighted by Crippen LogP contribution is -2.46. The molecule has 2 fully saturated rings. The van der Waals surface area contributed by atoms with E-state index in [-0.39, 0.29) is 11.9 Å². The largest absolute Gasteiger partial charge is 0.373 e. The molecule has 4 heterocycles. The van der Waals surface area contributed by atoms with Crippen LogP contribution in [0.1, 0.15) is 35.4 Å². The normalized spacial score (nSPS) is 22.5. The van der Waals surface area contributed by atoms with Gasteiger partial charge in [-0.25, -0.2) is 0 Å². The maximum atomic E-state index is 12.1. The molecule has 1 amide bonds. The number of pyridine rings is 1. The van der Waals surface area contributed by atoms with Gasteiger partial charge in [-0.15, -0.1) is 11.3 Å². The number of likely N-dealkylation sites (tertiary alicyclic amines) is 1. The van der Waals surface area contributed by atoms with Crippen molar-refractivity contribution >= 4 is 22.2 Å². The number of thiophene rings is 1. The van der Waals surface area contributed by atoms with E-state index in [2.05, 4.69) is 15.6 Å². The predicted molar refractivity (Wildman–Crippen MR) is 97.5 cm³/mol. The third-order valence-corrected chi connectivity index (χ3v) is 5.98. The van der Waals surface area contributed by atoms with Crippen molar-refractivity contribution in [1.82, 2.24) is 15.2 Å². The van der Waals surface area contributed by atoms with Crippen molar-refractivity contribution in [2.24, 2.45) is 0 Å². The lowest BCUT2D eigenvalue weighted by atomic mass is 9.92. The van der Waals surface area contributed by atoms with Crippen LogP contribution in [0.2, 0.25) is 0 Å². The van der Waals surface area contributed by atoms with Gasteiger partial charge in [0.25, 0.3) is 0 Å². The highest BCUT2D eigenvalue weighted by molar-refractivity contribution is 7.16. The average molecular weight is 358 g/mol. The molecule has 2 unspecified atom stereocenters. The van der Waals surface area contributed by atoms with E-state index >= 15 is 0 Å². The number of anilines is 1. The third kappa shape index (κ3) is 3.59. The molecule has 0 spiro atoms. The Morgan fingerprint density at radius 2 is 2.12 bits per heavy atom. The van der Waals surface area contributed by atoms with Gasteiger partial charge in [0.15, 0.2) is 0 Å². The van der Waals surface area contributed by atoms with Crippen LogP contribution in [0.15, 0.2) is 36.7 Å². The summed E-state index contributed by atoms with van der Waals surface area (Å²) in [6, 6.07) is 7.74. The number of amides is 1. The summed E-state index contributed by atoms with van der Waals surface area (Å²) in [6.45, 7) is 2.56. The highest BCUT2D eigenvalue weighted by Crippen LogP contribution is 2.36. The summed E-state index contributed by atoms with van der Waals surface area (Å²) in [6.07, 6.45) is 4.93. The van der Waals surface area contributed by atoms with Gasteiger partial charge >= 0.3 is 0 Å². The fourth-order valence-corrected chi connectivity index (χ4v) is 4.35. The minimum Gasteiger partial charge on any atom is -0.373 e. The Hall–Kier alpha value is -1.80. The van der Waals surface area contributed by atoms with E-state index < -0.39 is 6.23 Å². The fourth-order valence-electron chi connectivity index (χ4n) is 3.41. The fraction of sp³-hybridized carbons (Fsp3) is 0.444. The second-order valence-corrected chi connectivity index (χ2v) is 7.76. The van der Waals surface area contributed by atoms with Crippen LogP contribution in [-0.2, 0) is 4.79 Å². The molecule has 7 heteroatoms. The van der Waals surface area contributed by atoms with Crippen LogP contribution in [-0.4, -0.2) is 46.6 Å². The molecule has 2 aromatic rings. The molecule has 0 aliphatic carbocycles. The Bertz CT molecular complexity index is 724. The highest BCUT2D eigenvalue weighted by atomic mass is 32.1. The van der Waals surface area contributed by atoms with Gasteiger partial charge in [-0.2, -0.15) is 0 Å². The Kier molecular flexibility index (Phi) is 4.80. The first-order valence-corrected chi connectivity index (χ1v) is 9.48. The summed E-state index contributed by atoms with van der Waals surface area (Å²) >= 11 is 1.44. The number of aliphatic hydroxyl groups is 1. The van der Waals surface area contributed by atoms with Crippen LogP contribution in [0.5, 0.6) is 0 Å². The molecule has 2 aromatic heterocycles. The number of carbonyl (C=O) groups is 1. The van der Waals surface area contributed by atoms with Gasteiger partial charge in [0.05, 0.1) is 15.9 Å². The summed E-state index contributed by atoms with van der Waals surface area (Å²) in [5.74, 6) is 0.465. The lowest BCUT2D eigenvalue weighted by molar-refractivity contribution is -0.117. The van der Waals surface area contributed by atoms with Gasteiger partial charge < -0.3 is 15.7 Å². The molecular formula is C18H22N4O2S. The quantitative estimate of drug-likeness (QED) is 0.761. The van der Waals surface area contributed by atoms with E-state index in [1.165, 1.54) is 16.9 Å². The Morgan fingerprint density at radius 1 is 1.32 bits per heavy atom. The molecule has 0 radical (unpaired) electrons. The molecule has 2 atom stereocenters. The van der Waals surface area contributed by atoms with Crippen molar-refractivity contribution < 1.29 is 9.90 Å². The minimum atomic E-state index is -0.613. The van der Waals surface area contributed by atoms with Crippen LogP contribution in [0.3, 0.4) is 0 Å². The zero-order valence-corrected chi connectivity index (χ0v) is 14.7. The molecule has 132 valence electrons. The van der Waals surface area contributed by atoms with Crippen LogP contribution in [0.4, 0.5) is 5.00 Å². The second-order valence-electron chi connectivity index (χ2n) is 6.65. The standard InChI is InChI=1S/C18H22N4O2S/c23-17(14-2-1-7-20-14)21-16-4-3-15(25-16)18(24)22-10-13(11-22)12-5-8-19-9-6-12/h3-6,8-9,13-14,18,20,24H,1-2,7,10-11H2,(H,21,23). The Morgan fingerprint density at radius 3 is 2.84 bits per heavy atom. The van der Waals surface area contributed by atoms with E-state index in [4.69, 9.17) is 0 Å². The van der Waals surface area contributed by atoms with Gasteiger partial charge in [-0.3, -0.25) is 14.7 Å². The van der Waals surface area contributed by atoms with Gasteiger partial charge in [0, 0.05) is 31.4 Å². The van der Waals surface area contributed by atoms with Crippen LogP contribution in [0.25, 0.3) is 0 Å². The first-order valence-electron chi connectivity index (χ1n) is 8.67. The van der Waals surface area contributed by atoms with Gasteiger partial charge in [-0.1, -0.05) is 0 Å². The number of aliphatic hydroxyl groups excluding tert-OH is 1. The first kappa shape index (κ1) is 16.7. The number of hydrogen-bond donors (Lipinski definition) is 3. The maximum absolute atomic E-state index is 12.1. The predicted octanol–water partition coefficient (Wildman–Crippen LogP) is 1.92. The van der Waals surface area contributed by atoms with Crippen molar-refractivity contribution in [3.63, 3.8) is 0 Å². The summed E-state index contributed by atoms with van der Waals surface area (Å²) in [5, 5.41) is 17.5. The van der Waals surface area contributed by atoms with E-state index in [9.17, 15) is 9.90 Å². The molecule has 0 bridgehead atoms. The summed E-state index contributed by atoms with van der Waals surface area (Å²) < 4.78 is 0. The van der Waals surface area contributed by atoms with Crippen molar-refractivity contribution in [3.8, 4) is 0 Å². The SMILES string of the molecule is O=C(Nc1ccc(C(O)N2CC(c3ccncc3)C2)s1)C1CCCN1. The first-order chi connectivity index (χ1) is 12.2. The molecule has 3 N–H and O–H groups in total.